The van der Waals surface area contributed by atoms with Crippen molar-refractivity contribution in [1.82, 2.24) is 0 Å². The van der Waals surface area contributed by atoms with E-state index in [1.165, 1.54) is 18.4 Å². The largest absolute Gasteiger partial charge is 0.472 e. The van der Waals surface area contributed by atoms with Crippen molar-refractivity contribution >= 4 is 0 Å². The molecule has 0 aliphatic heterocycles. The van der Waals surface area contributed by atoms with Gasteiger partial charge in [0.1, 0.15) is 0 Å². The summed E-state index contributed by atoms with van der Waals surface area (Å²) in [5, 5.41) is 10.5. The zero-order valence-electron chi connectivity index (χ0n) is 14.5. The number of hydrogen-bond acceptors (Lipinski definition) is 2. The van der Waals surface area contributed by atoms with Crippen LogP contribution >= 0.6 is 0 Å². The third kappa shape index (κ3) is 2.46. The van der Waals surface area contributed by atoms with E-state index in [0.717, 1.165) is 25.7 Å². The van der Waals surface area contributed by atoms with E-state index in [4.69, 9.17) is 4.42 Å². The standard InChI is InChI=1S/C20H30O2/c1-14-5-8-17-19(2,3)18(21)9-11-20(17,4)16(14)7-6-15-10-12-22-13-15/h10,12-13,17-18,21H,5-9,11H2,1-4H3/t17-,18+,20-/m1/s1. The zero-order chi connectivity index (χ0) is 16.0. The Labute approximate surface area is 134 Å². The molecule has 2 aliphatic rings. The van der Waals surface area contributed by atoms with Gasteiger partial charge in [0, 0.05) is 0 Å². The molecule has 0 radical (unpaired) electrons. The molecule has 2 aliphatic carbocycles. The Morgan fingerprint density at radius 2 is 2.00 bits per heavy atom. The van der Waals surface area contributed by atoms with Crippen molar-refractivity contribution < 1.29 is 9.52 Å². The molecule has 0 saturated heterocycles. The van der Waals surface area contributed by atoms with Crippen LogP contribution in [-0.4, -0.2) is 11.2 Å². The fraction of sp³-hybridized carbons (Fsp3) is 0.700. The Morgan fingerprint density at radius 1 is 1.23 bits per heavy atom. The van der Waals surface area contributed by atoms with E-state index in [1.807, 2.05) is 6.26 Å². The van der Waals surface area contributed by atoms with E-state index < -0.39 is 0 Å². The van der Waals surface area contributed by atoms with Crippen LogP contribution < -0.4 is 0 Å². The summed E-state index contributed by atoms with van der Waals surface area (Å²) < 4.78 is 5.21. The highest BCUT2D eigenvalue weighted by Crippen LogP contribution is 2.60. The van der Waals surface area contributed by atoms with Crippen LogP contribution in [0.1, 0.15) is 65.4 Å². The van der Waals surface area contributed by atoms with Gasteiger partial charge in [-0.25, -0.2) is 0 Å². The molecule has 1 saturated carbocycles. The van der Waals surface area contributed by atoms with E-state index >= 15 is 0 Å². The van der Waals surface area contributed by atoms with E-state index in [2.05, 4.69) is 33.8 Å². The van der Waals surface area contributed by atoms with Crippen LogP contribution in [0.5, 0.6) is 0 Å². The lowest BCUT2D eigenvalue weighted by atomic mass is 9.49. The number of furan rings is 1. The molecule has 0 amide bonds. The molecule has 1 heterocycles. The summed E-state index contributed by atoms with van der Waals surface area (Å²) in [7, 11) is 0. The fourth-order valence-electron chi connectivity index (χ4n) is 5.29. The van der Waals surface area contributed by atoms with Crippen molar-refractivity contribution in [2.75, 3.05) is 0 Å². The van der Waals surface area contributed by atoms with Crippen LogP contribution in [0.3, 0.4) is 0 Å². The van der Waals surface area contributed by atoms with Gasteiger partial charge in [0.15, 0.2) is 0 Å². The maximum atomic E-state index is 10.5. The third-order valence-electron chi connectivity index (χ3n) is 6.72. The van der Waals surface area contributed by atoms with Crippen LogP contribution in [-0.2, 0) is 6.42 Å². The Kier molecular flexibility index (Phi) is 4.01. The summed E-state index contributed by atoms with van der Waals surface area (Å²) in [5.74, 6) is 0.590. The average molecular weight is 302 g/mol. The SMILES string of the molecule is CC1=C(CCc2ccoc2)[C@@]2(C)CC[C@H](O)C(C)(C)[C@H]2CC1. The Morgan fingerprint density at radius 3 is 2.68 bits per heavy atom. The van der Waals surface area contributed by atoms with Crippen molar-refractivity contribution in [3.05, 3.63) is 35.3 Å². The van der Waals surface area contributed by atoms with Crippen molar-refractivity contribution in [2.45, 2.75) is 72.3 Å². The molecule has 2 nitrogen and oxygen atoms in total. The number of rotatable bonds is 3. The van der Waals surface area contributed by atoms with E-state index in [9.17, 15) is 5.11 Å². The summed E-state index contributed by atoms with van der Waals surface area (Å²) in [6.45, 7) is 9.32. The Balaban J connectivity index is 1.87. The summed E-state index contributed by atoms with van der Waals surface area (Å²) in [6, 6.07) is 2.08. The summed E-state index contributed by atoms with van der Waals surface area (Å²) in [4.78, 5) is 0. The maximum Gasteiger partial charge on any atom is 0.0934 e. The molecule has 0 aromatic carbocycles. The second-order valence-corrected chi connectivity index (χ2v) is 8.28. The Hall–Kier alpha value is -1.02. The molecule has 3 rings (SSSR count). The van der Waals surface area contributed by atoms with Gasteiger partial charge in [0.05, 0.1) is 18.6 Å². The second-order valence-electron chi connectivity index (χ2n) is 8.28. The highest BCUT2D eigenvalue weighted by molar-refractivity contribution is 5.29. The smallest absolute Gasteiger partial charge is 0.0934 e. The minimum Gasteiger partial charge on any atom is -0.472 e. The first-order chi connectivity index (χ1) is 10.4. The number of aryl methyl sites for hydroxylation is 1. The third-order valence-corrected chi connectivity index (χ3v) is 6.72. The lowest BCUT2D eigenvalue weighted by Gasteiger charge is -2.57. The van der Waals surface area contributed by atoms with Gasteiger partial charge in [-0.2, -0.15) is 0 Å². The monoisotopic (exact) mass is 302 g/mol. The van der Waals surface area contributed by atoms with Crippen molar-refractivity contribution in [3.8, 4) is 0 Å². The number of fused-ring (bicyclic) bond motifs is 1. The van der Waals surface area contributed by atoms with Crippen LogP contribution in [0.15, 0.2) is 34.2 Å². The van der Waals surface area contributed by atoms with Gasteiger partial charge in [0.25, 0.3) is 0 Å². The molecule has 3 atom stereocenters. The molecule has 122 valence electrons. The fourth-order valence-corrected chi connectivity index (χ4v) is 5.29. The first kappa shape index (κ1) is 15.9. The molecule has 1 aromatic rings. The van der Waals surface area contributed by atoms with Gasteiger partial charge in [-0.3, -0.25) is 0 Å². The molecule has 0 spiro atoms. The lowest BCUT2D eigenvalue weighted by Crippen LogP contribution is -2.52. The van der Waals surface area contributed by atoms with Gasteiger partial charge in [-0.15, -0.1) is 0 Å². The molecule has 0 unspecified atom stereocenters. The first-order valence-corrected chi connectivity index (χ1v) is 8.74. The van der Waals surface area contributed by atoms with Crippen molar-refractivity contribution in [2.24, 2.45) is 16.7 Å². The summed E-state index contributed by atoms with van der Waals surface area (Å²) in [5.41, 5.74) is 4.82. The maximum absolute atomic E-state index is 10.5. The predicted octanol–water partition coefficient (Wildman–Crippen LogP) is 5.13. The molecular weight excluding hydrogens is 272 g/mol. The van der Waals surface area contributed by atoms with Gasteiger partial charge in [0.2, 0.25) is 0 Å². The van der Waals surface area contributed by atoms with Crippen LogP contribution in [0.4, 0.5) is 0 Å². The second kappa shape index (κ2) is 5.56. The van der Waals surface area contributed by atoms with Gasteiger partial charge in [-0.05, 0) is 73.8 Å². The van der Waals surface area contributed by atoms with E-state index in [1.54, 1.807) is 17.4 Å². The quantitative estimate of drug-likeness (QED) is 0.786. The molecule has 22 heavy (non-hydrogen) atoms. The van der Waals surface area contributed by atoms with Gasteiger partial charge < -0.3 is 9.52 Å². The molecular formula is C20H30O2. The van der Waals surface area contributed by atoms with E-state index in [-0.39, 0.29) is 16.9 Å². The normalized spacial score (nSPS) is 34.6. The highest BCUT2D eigenvalue weighted by Gasteiger charge is 2.53. The topological polar surface area (TPSA) is 33.4 Å². The minimum absolute atomic E-state index is 0.0224. The van der Waals surface area contributed by atoms with Crippen LogP contribution in [0.2, 0.25) is 0 Å². The average Bonchev–Trinajstić information content (AvgIpc) is 2.96. The van der Waals surface area contributed by atoms with Gasteiger partial charge in [-0.1, -0.05) is 31.9 Å². The van der Waals surface area contributed by atoms with Gasteiger partial charge >= 0.3 is 0 Å². The molecule has 1 fully saturated rings. The molecule has 2 heteroatoms. The zero-order valence-corrected chi connectivity index (χ0v) is 14.5. The summed E-state index contributed by atoms with van der Waals surface area (Å²) in [6.07, 6.45) is 10.1. The number of hydrogen-bond donors (Lipinski definition) is 1. The molecule has 1 N–H and O–H groups in total. The highest BCUT2D eigenvalue weighted by atomic mass is 16.3. The number of aliphatic hydroxyl groups excluding tert-OH is 1. The van der Waals surface area contributed by atoms with Crippen LogP contribution in [0.25, 0.3) is 0 Å². The van der Waals surface area contributed by atoms with Crippen molar-refractivity contribution in [3.63, 3.8) is 0 Å². The van der Waals surface area contributed by atoms with Crippen LogP contribution in [0, 0.1) is 16.7 Å². The minimum atomic E-state index is -0.154. The lowest BCUT2D eigenvalue weighted by molar-refractivity contribution is -0.0892. The summed E-state index contributed by atoms with van der Waals surface area (Å²) >= 11 is 0. The Bertz CT molecular complexity index is 552. The molecule has 0 bridgehead atoms. The number of allylic oxidation sites excluding steroid dienone is 2. The van der Waals surface area contributed by atoms with E-state index in [0.29, 0.717) is 5.92 Å². The first-order valence-electron chi connectivity index (χ1n) is 8.74. The molecule has 1 aromatic heterocycles. The predicted molar refractivity (Wildman–Crippen MR) is 89.6 cm³/mol. The van der Waals surface area contributed by atoms with Crippen molar-refractivity contribution in [1.29, 1.82) is 0 Å². The number of aliphatic hydroxyl groups is 1.